The summed E-state index contributed by atoms with van der Waals surface area (Å²) in [6.45, 7) is 5.26. The van der Waals surface area contributed by atoms with Gasteiger partial charge in [0.2, 0.25) is 6.10 Å². The van der Waals surface area contributed by atoms with Gasteiger partial charge in [-0.1, -0.05) is 27.7 Å². The van der Waals surface area contributed by atoms with Crippen LogP contribution < -0.4 is 17.0 Å². The van der Waals surface area contributed by atoms with Crippen molar-refractivity contribution < 1.29 is 42.5 Å². The third-order valence-corrected chi connectivity index (χ3v) is 6.20. The second-order valence-electron chi connectivity index (χ2n) is 8.92. The fourth-order valence-electron chi connectivity index (χ4n) is 3.83. The zero-order valence-corrected chi connectivity index (χ0v) is 20.4. The highest BCUT2D eigenvalue weighted by atomic mass is 19.2. The first-order chi connectivity index (χ1) is 16.9. The molecule has 0 amide bonds. The molecule has 2 aliphatic rings. The van der Waals surface area contributed by atoms with Crippen molar-refractivity contribution >= 4 is 18.1 Å². The Bertz CT molecular complexity index is 1110. The average Bonchev–Trinajstić information content (AvgIpc) is 3.34. The summed E-state index contributed by atoms with van der Waals surface area (Å²) < 4.78 is 42.5. The summed E-state index contributed by atoms with van der Waals surface area (Å²) in [5.74, 6) is -5.05. The Labute approximate surface area is 205 Å². The van der Waals surface area contributed by atoms with E-state index in [1.165, 1.54) is 0 Å². The van der Waals surface area contributed by atoms with Crippen molar-refractivity contribution in [2.45, 2.75) is 77.6 Å². The summed E-state index contributed by atoms with van der Waals surface area (Å²) in [6, 6.07) is -0.0553. The SMILES string of the molecule is CCC(CC)C(=O)OCn1c(=O)ccn([C@@H]2O[C@](F)(COC(=O)[C@@H](N)C(C)C)[C@H]3OC(=O)O[C@@H]23)c1=O. The van der Waals surface area contributed by atoms with Gasteiger partial charge in [0.1, 0.15) is 6.04 Å². The Hall–Kier alpha value is -3.26. The van der Waals surface area contributed by atoms with E-state index >= 15 is 4.39 Å². The molecule has 3 heterocycles. The van der Waals surface area contributed by atoms with Crippen LogP contribution in [0.4, 0.5) is 9.18 Å². The van der Waals surface area contributed by atoms with Crippen molar-refractivity contribution in [3.8, 4) is 0 Å². The molecule has 200 valence electrons. The zero-order chi connectivity index (χ0) is 26.8. The lowest BCUT2D eigenvalue weighted by atomic mass is 10.0. The highest BCUT2D eigenvalue weighted by molar-refractivity contribution is 5.75. The van der Waals surface area contributed by atoms with Gasteiger partial charge in [0, 0.05) is 12.3 Å². The lowest BCUT2D eigenvalue weighted by Crippen LogP contribution is -2.45. The number of nitrogens with zero attached hydrogens (tertiary/aromatic N) is 2. The number of hydrogen-bond acceptors (Lipinski definition) is 11. The van der Waals surface area contributed by atoms with Crippen LogP contribution >= 0.6 is 0 Å². The fourth-order valence-corrected chi connectivity index (χ4v) is 3.83. The van der Waals surface area contributed by atoms with E-state index in [0.29, 0.717) is 17.4 Å². The Kier molecular flexibility index (Phi) is 8.19. The predicted octanol–water partition coefficient (Wildman–Crippen LogP) is 0.572. The first-order valence-electron chi connectivity index (χ1n) is 11.6. The number of rotatable bonds is 10. The Morgan fingerprint density at radius 1 is 1.14 bits per heavy atom. The smallest absolute Gasteiger partial charge is 0.458 e. The van der Waals surface area contributed by atoms with E-state index in [9.17, 15) is 24.0 Å². The van der Waals surface area contributed by atoms with Crippen molar-refractivity contribution in [1.29, 1.82) is 0 Å². The first-order valence-corrected chi connectivity index (χ1v) is 11.6. The van der Waals surface area contributed by atoms with Crippen molar-refractivity contribution in [3.63, 3.8) is 0 Å². The Morgan fingerprint density at radius 3 is 2.42 bits per heavy atom. The normalized spacial score (nSPS) is 25.9. The number of carbonyl (C=O) groups is 3. The highest BCUT2D eigenvalue weighted by Crippen LogP contribution is 2.44. The number of ether oxygens (including phenoxy) is 5. The van der Waals surface area contributed by atoms with Gasteiger partial charge in [0.25, 0.3) is 11.4 Å². The molecule has 0 spiro atoms. The summed E-state index contributed by atoms with van der Waals surface area (Å²) in [4.78, 5) is 61.4. The molecule has 0 unspecified atom stereocenters. The molecule has 36 heavy (non-hydrogen) atoms. The third kappa shape index (κ3) is 5.28. The minimum Gasteiger partial charge on any atom is -0.458 e. The standard InChI is InChI=1S/C22H30FN3O10/c1-5-12(6-2)18(28)33-10-26-13(27)7-8-25(20(26)30)17-15-16(35-21(31)34-15)22(23,36-17)9-32-19(29)14(24)11(3)4/h7-8,11-12,14-17H,5-6,9-10,24H2,1-4H3/t14-,15+,16-,17+,22+/m0/s1. The molecule has 1 aromatic rings. The quantitative estimate of drug-likeness (QED) is 0.342. The van der Waals surface area contributed by atoms with Crippen LogP contribution in [0.3, 0.4) is 0 Å². The van der Waals surface area contributed by atoms with Gasteiger partial charge < -0.3 is 29.4 Å². The van der Waals surface area contributed by atoms with E-state index in [4.69, 9.17) is 29.4 Å². The molecule has 0 saturated carbocycles. The fraction of sp³-hybridized carbons (Fsp3) is 0.682. The molecule has 2 saturated heterocycles. The number of fused-ring (bicyclic) bond motifs is 1. The minimum atomic E-state index is -2.88. The van der Waals surface area contributed by atoms with Gasteiger partial charge in [-0.15, -0.1) is 0 Å². The summed E-state index contributed by atoms with van der Waals surface area (Å²) in [6.07, 6.45) is -3.89. The van der Waals surface area contributed by atoms with Crippen LogP contribution in [0.15, 0.2) is 21.9 Å². The first kappa shape index (κ1) is 27.3. The van der Waals surface area contributed by atoms with Gasteiger partial charge >= 0.3 is 23.8 Å². The van der Waals surface area contributed by atoms with Crippen molar-refractivity contribution in [2.24, 2.45) is 17.6 Å². The molecule has 5 atom stereocenters. The third-order valence-electron chi connectivity index (χ3n) is 6.20. The maximum Gasteiger partial charge on any atom is 0.509 e. The van der Waals surface area contributed by atoms with Crippen molar-refractivity contribution in [1.82, 2.24) is 9.13 Å². The second-order valence-corrected chi connectivity index (χ2v) is 8.92. The number of carbonyl (C=O) groups excluding carboxylic acids is 3. The number of esters is 2. The monoisotopic (exact) mass is 515 g/mol. The Balaban J connectivity index is 1.85. The molecule has 13 nitrogen and oxygen atoms in total. The van der Waals surface area contributed by atoms with E-state index in [-0.39, 0.29) is 5.92 Å². The van der Waals surface area contributed by atoms with Crippen LogP contribution in [0, 0.1) is 11.8 Å². The largest absolute Gasteiger partial charge is 0.509 e. The maximum absolute atomic E-state index is 15.8. The number of halogens is 1. The molecular weight excluding hydrogens is 485 g/mol. The summed E-state index contributed by atoms with van der Waals surface area (Å²) in [5, 5.41) is 0. The van der Waals surface area contributed by atoms with Crippen LogP contribution in [0.5, 0.6) is 0 Å². The van der Waals surface area contributed by atoms with Crippen LogP contribution in [-0.2, 0) is 40.0 Å². The van der Waals surface area contributed by atoms with E-state index in [1.807, 2.05) is 0 Å². The summed E-state index contributed by atoms with van der Waals surface area (Å²) in [7, 11) is 0. The van der Waals surface area contributed by atoms with Crippen LogP contribution in [0.1, 0.15) is 46.8 Å². The average molecular weight is 515 g/mol. The van der Waals surface area contributed by atoms with Gasteiger partial charge in [-0.05, 0) is 18.8 Å². The maximum atomic E-state index is 15.8. The molecule has 3 rings (SSSR count). The molecule has 2 N–H and O–H groups in total. The second kappa shape index (κ2) is 10.8. The van der Waals surface area contributed by atoms with E-state index < -0.39 is 78.9 Å². The van der Waals surface area contributed by atoms with E-state index in [0.717, 1.165) is 16.8 Å². The van der Waals surface area contributed by atoms with Crippen molar-refractivity contribution in [2.75, 3.05) is 6.61 Å². The predicted molar refractivity (Wildman–Crippen MR) is 118 cm³/mol. The topological polar surface area (TPSA) is 167 Å². The summed E-state index contributed by atoms with van der Waals surface area (Å²) >= 11 is 0. The molecular formula is C22H30FN3O10. The molecule has 2 fully saturated rings. The van der Waals surface area contributed by atoms with Crippen molar-refractivity contribution in [3.05, 3.63) is 33.1 Å². The number of nitrogens with two attached hydrogens (primary N) is 1. The van der Waals surface area contributed by atoms with Gasteiger partial charge in [-0.25, -0.2) is 18.5 Å². The van der Waals surface area contributed by atoms with Gasteiger partial charge in [0.05, 0.1) is 5.92 Å². The molecule has 0 bridgehead atoms. The van der Waals surface area contributed by atoms with Crippen LogP contribution in [-0.4, -0.2) is 57.9 Å². The number of alkyl halides is 1. The number of aromatic nitrogens is 2. The van der Waals surface area contributed by atoms with Gasteiger partial charge in [-0.3, -0.25) is 19.0 Å². The molecule has 2 aliphatic heterocycles. The summed E-state index contributed by atoms with van der Waals surface area (Å²) in [5.41, 5.74) is 3.91. The molecule has 1 aromatic heterocycles. The van der Waals surface area contributed by atoms with E-state index in [1.54, 1.807) is 27.7 Å². The number of hydrogen-bond donors (Lipinski definition) is 1. The van der Waals surface area contributed by atoms with Gasteiger partial charge in [0.15, 0.2) is 25.7 Å². The molecule has 0 radical (unpaired) electrons. The highest BCUT2D eigenvalue weighted by Gasteiger charge is 2.65. The zero-order valence-electron chi connectivity index (χ0n) is 20.4. The Morgan fingerprint density at radius 2 is 1.81 bits per heavy atom. The van der Waals surface area contributed by atoms with Crippen LogP contribution in [0.2, 0.25) is 0 Å². The lowest BCUT2D eigenvalue weighted by Gasteiger charge is -2.24. The molecule has 0 aromatic carbocycles. The molecule has 14 heteroatoms. The molecule has 0 aliphatic carbocycles. The van der Waals surface area contributed by atoms with Gasteiger partial charge in [-0.2, -0.15) is 0 Å². The minimum absolute atomic E-state index is 0.288. The lowest BCUT2D eigenvalue weighted by molar-refractivity contribution is -0.220. The van der Waals surface area contributed by atoms with E-state index in [2.05, 4.69) is 0 Å². The van der Waals surface area contributed by atoms with Crippen LogP contribution in [0.25, 0.3) is 0 Å².